The zero-order valence-corrected chi connectivity index (χ0v) is 17.4. The second-order valence-corrected chi connectivity index (χ2v) is 7.45. The summed E-state index contributed by atoms with van der Waals surface area (Å²) in [7, 11) is 0. The van der Waals surface area contributed by atoms with Gasteiger partial charge in [0.05, 0.1) is 12.7 Å². The van der Waals surface area contributed by atoms with Gasteiger partial charge in [-0.25, -0.2) is 9.59 Å². The van der Waals surface area contributed by atoms with Crippen LogP contribution in [-0.4, -0.2) is 58.5 Å². The van der Waals surface area contributed by atoms with Gasteiger partial charge in [0, 0.05) is 35.9 Å². The number of aliphatic hydroxyl groups is 1. The number of carbonyl (C=O) groups is 3. The van der Waals surface area contributed by atoms with E-state index in [9.17, 15) is 19.5 Å². The lowest BCUT2D eigenvalue weighted by Gasteiger charge is -2.28. The monoisotopic (exact) mass is 434 g/mol. The Kier molecular flexibility index (Phi) is 9.99. The standard InChI is InChI=1S/C18H26N2O3.C4H4O4/c21-16-7-2-1-5-15(16)19-11-4-12-23-17-8-3-6-14-13(17)9-10-18(22)20-14;5-3(6)1-2-4(7)8/h3,6,8,15-16,19,21H,1-2,4-5,7,9-12H2,(H,20,22);1-2H,(H,5,6)(H,7,8)/b;2-1+. The number of hydrogen-bond acceptors (Lipinski definition) is 6. The third-order valence-corrected chi connectivity index (χ3v) is 5.09. The van der Waals surface area contributed by atoms with E-state index in [1.54, 1.807) is 0 Å². The van der Waals surface area contributed by atoms with E-state index >= 15 is 0 Å². The third-order valence-electron chi connectivity index (χ3n) is 5.09. The summed E-state index contributed by atoms with van der Waals surface area (Å²) in [5.74, 6) is -1.56. The van der Waals surface area contributed by atoms with Crippen LogP contribution in [0.25, 0.3) is 0 Å². The fourth-order valence-corrected chi connectivity index (χ4v) is 3.56. The van der Waals surface area contributed by atoms with Crippen molar-refractivity contribution < 1.29 is 34.4 Å². The predicted octanol–water partition coefficient (Wildman–Crippen LogP) is 1.95. The Labute approximate surface area is 181 Å². The first-order chi connectivity index (χ1) is 14.9. The van der Waals surface area contributed by atoms with Crippen LogP contribution >= 0.6 is 0 Å². The average molecular weight is 434 g/mol. The molecular weight excluding hydrogens is 404 g/mol. The summed E-state index contributed by atoms with van der Waals surface area (Å²) in [4.78, 5) is 30.5. The van der Waals surface area contributed by atoms with Crippen LogP contribution in [0.1, 0.15) is 44.1 Å². The Morgan fingerprint density at radius 1 is 1.13 bits per heavy atom. The molecule has 1 aliphatic carbocycles. The van der Waals surface area contributed by atoms with E-state index < -0.39 is 11.9 Å². The van der Waals surface area contributed by atoms with Crippen LogP contribution < -0.4 is 15.4 Å². The Morgan fingerprint density at radius 3 is 2.52 bits per heavy atom. The number of anilines is 1. The molecule has 1 saturated carbocycles. The van der Waals surface area contributed by atoms with Crippen molar-refractivity contribution in [3.8, 4) is 5.75 Å². The molecule has 0 spiro atoms. The van der Waals surface area contributed by atoms with Gasteiger partial charge in [-0.15, -0.1) is 0 Å². The van der Waals surface area contributed by atoms with Crippen molar-refractivity contribution in [3.63, 3.8) is 0 Å². The molecule has 1 amide bonds. The van der Waals surface area contributed by atoms with Crippen molar-refractivity contribution in [2.75, 3.05) is 18.5 Å². The fourth-order valence-electron chi connectivity index (χ4n) is 3.56. The van der Waals surface area contributed by atoms with Crippen molar-refractivity contribution in [1.82, 2.24) is 5.32 Å². The third kappa shape index (κ3) is 8.77. The number of benzene rings is 1. The molecule has 1 aromatic rings. The van der Waals surface area contributed by atoms with Crippen molar-refractivity contribution in [2.24, 2.45) is 0 Å². The summed E-state index contributed by atoms with van der Waals surface area (Å²) in [6, 6.07) is 6.04. The molecule has 2 aliphatic rings. The van der Waals surface area contributed by atoms with Crippen molar-refractivity contribution in [3.05, 3.63) is 35.9 Å². The normalized spacial score (nSPS) is 20.2. The molecule has 9 nitrogen and oxygen atoms in total. The van der Waals surface area contributed by atoms with Crippen LogP contribution in [0, 0.1) is 0 Å². The van der Waals surface area contributed by atoms with Gasteiger partial charge in [0.1, 0.15) is 5.75 Å². The number of fused-ring (bicyclic) bond motifs is 1. The van der Waals surface area contributed by atoms with Gasteiger partial charge in [0.15, 0.2) is 0 Å². The number of ether oxygens (including phenoxy) is 1. The van der Waals surface area contributed by atoms with Crippen LogP contribution in [0.2, 0.25) is 0 Å². The molecule has 0 radical (unpaired) electrons. The van der Waals surface area contributed by atoms with Gasteiger partial charge in [0.25, 0.3) is 0 Å². The number of amides is 1. The summed E-state index contributed by atoms with van der Waals surface area (Å²) >= 11 is 0. The average Bonchev–Trinajstić information content (AvgIpc) is 2.73. The Morgan fingerprint density at radius 2 is 1.84 bits per heavy atom. The minimum Gasteiger partial charge on any atom is -0.493 e. The number of aliphatic carboxylic acids is 2. The van der Waals surface area contributed by atoms with E-state index in [-0.39, 0.29) is 18.1 Å². The quantitative estimate of drug-likeness (QED) is 0.308. The van der Waals surface area contributed by atoms with Crippen molar-refractivity contribution in [1.29, 1.82) is 0 Å². The molecule has 0 saturated heterocycles. The molecule has 1 aliphatic heterocycles. The zero-order chi connectivity index (χ0) is 22.6. The molecular formula is C22H30N2O7. The number of carboxylic acid groups (broad SMARTS) is 2. The molecule has 3 rings (SSSR count). The molecule has 1 fully saturated rings. The zero-order valence-electron chi connectivity index (χ0n) is 17.4. The summed E-state index contributed by atoms with van der Waals surface area (Å²) in [6.07, 6.45) is 7.40. The van der Waals surface area contributed by atoms with Crippen LogP contribution in [0.4, 0.5) is 5.69 Å². The molecule has 1 aromatic carbocycles. The summed E-state index contributed by atoms with van der Waals surface area (Å²) < 4.78 is 5.90. The Hall–Kier alpha value is -2.91. The molecule has 5 N–H and O–H groups in total. The van der Waals surface area contributed by atoms with Gasteiger partial charge in [-0.2, -0.15) is 0 Å². The maximum atomic E-state index is 11.4. The summed E-state index contributed by atoms with van der Waals surface area (Å²) in [6.45, 7) is 1.49. The van der Waals surface area contributed by atoms with Crippen LogP contribution in [0.5, 0.6) is 5.75 Å². The smallest absolute Gasteiger partial charge is 0.328 e. The Balaban J connectivity index is 0.000000366. The van der Waals surface area contributed by atoms with E-state index in [1.165, 1.54) is 6.42 Å². The van der Waals surface area contributed by atoms with Gasteiger partial charge < -0.3 is 30.7 Å². The van der Waals surface area contributed by atoms with Gasteiger partial charge in [-0.1, -0.05) is 18.9 Å². The number of carboxylic acids is 2. The predicted molar refractivity (Wildman–Crippen MR) is 114 cm³/mol. The fraction of sp³-hybridized carbons (Fsp3) is 0.500. The molecule has 170 valence electrons. The lowest BCUT2D eigenvalue weighted by Crippen LogP contribution is -2.42. The second kappa shape index (κ2) is 12.7. The second-order valence-electron chi connectivity index (χ2n) is 7.45. The topological polar surface area (TPSA) is 145 Å². The molecule has 0 bridgehead atoms. The van der Waals surface area contributed by atoms with Gasteiger partial charge >= 0.3 is 11.9 Å². The first-order valence-electron chi connectivity index (χ1n) is 10.5. The lowest BCUT2D eigenvalue weighted by molar-refractivity contribution is -0.134. The van der Waals surface area contributed by atoms with Crippen molar-refractivity contribution >= 4 is 23.5 Å². The van der Waals surface area contributed by atoms with E-state index in [1.807, 2.05) is 18.2 Å². The summed E-state index contributed by atoms with van der Waals surface area (Å²) in [5, 5.41) is 31.9. The highest BCUT2D eigenvalue weighted by molar-refractivity contribution is 5.94. The number of carbonyl (C=O) groups excluding carboxylic acids is 1. The molecule has 31 heavy (non-hydrogen) atoms. The van der Waals surface area contributed by atoms with Gasteiger partial charge in [0.2, 0.25) is 5.91 Å². The van der Waals surface area contributed by atoms with Gasteiger partial charge in [-0.3, -0.25) is 4.79 Å². The van der Waals surface area contributed by atoms with Crippen LogP contribution in [0.3, 0.4) is 0 Å². The number of aliphatic hydroxyl groups excluding tert-OH is 1. The Bertz CT molecular complexity index is 778. The van der Waals surface area contributed by atoms with Crippen LogP contribution in [-0.2, 0) is 20.8 Å². The molecule has 2 atom stereocenters. The molecule has 1 heterocycles. The van der Waals surface area contributed by atoms with Crippen molar-refractivity contribution in [2.45, 2.75) is 57.1 Å². The minimum atomic E-state index is -1.26. The number of rotatable bonds is 8. The van der Waals surface area contributed by atoms with Crippen LogP contribution in [0.15, 0.2) is 30.4 Å². The largest absolute Gasteiger partial charge is 0.493 e. The van der Waals surface area contributed by atoms with E-state index in [2.05, 4.69) is 10.6 Å². The number of hydrogen-bond donors (Lipinski definition) is 5. The number of nitrogens with one attached hydrogen (secondary N) is 2. The van der Waals surface area contributed by atoms with E-state index in [4.69, 9.17) is 14.9 Å². The first-order valence-corrected chi connectivity index (χ1v) is 10.5. The highest BCUT2D eigenvalue weighted by atomic mass is 16.5. The first kappa shape index (κ1) is 24.4. The SMILES string of the molecule is O=C(O)/C=C/C(=O)O.O=C1CCc2c(cccc2OCCCNC2CCCCC2O)N1. The molecule has 2 unspecified atom stereocenters. The van der Waals surface area contributed by atoms with Gasteiger partial charge in [-0.05, 0) is 44.4 Å². The lowest BCUT2D eigenvalue weighted by atomic mass is 9.92. The molecule has 9 heteroatoms. The van der Waals surface area contributed by atoms with E-state index in [0.717, 1.165) is 55.6 Å². The van der Waals surface area contributed by atoms with E-state index in [0.29, 0.717) is 25.2 Å². The maximum absolute atomic E-state index is 11.4. The minimum absolute atomic E-state index is 0.0740. The highest BCUT2D eigenvalue weighted by Gasteiger charge is 2.22. The summed E-state index contributed by atoms with van der Waals surface area (Å²) in [5.41, 5.74) is 1.98. The molecule has 0 aromatic heterocycles. The maximum Gasteiger partial charge on any atom is 0.328 e. The highest BCUT2D eigenvalue weighted by Crippen LogP contribution is 2.31.